The average molecular weight is 370 g/mol. The van der Waals surface area contributed by atoms with E-state index in [1.165, 1.54) is 7.05 Å². The van der Waals surface area contributed by atoms with Crippen molar-refractivity contribution < 1.29 is 9.59 Å². The Kier molecular flexibility index (Phi) is 4.48. The smallest absolute Gasteiger partial charge is 0.325 e. The van der Waals surface area contributed by atoms with Crippen LogP contribution in [0.1, 0.15) is 12.2 Å². The van der Waals surface area contributed by atoms with Crippen molar-refractivity contribution in [2.75, 3.05) is 38.1 Å². The molecule has 0 bridgehead atoms. The fraction of sp³-hybridized carbons (Fsp3) is 0.471. The van der Waals surface area contributed by atoms with E-state index in [9.17, 15) is 9.59 Å². The number of amides is 3. The summed E-state index contributed by atoms with van der Waals surface area (Å²) in [5.41, 5.74) is 0. The minimum absolute atomic E-state index is 0.151. The summed E-state index contributed by atoms with van der Waals surface area (Å²) in [5, 5.41) is 7.12. The van der Waals surface area contributed by atoms with Crippen molar-refractivity contribution in [1.29, 1.82) is 0 Å². The van der Waals surface area contributed by atoms with Gasteiger partial charge in [-0.2, -0.15) is 5.10 Å². The molecule has 0 spiro atoms. The molecule has 1 unspecified atom stereocenters. The van der Waals surface area contributed by atoms with Crippen LogP contribution in [0.25, 0.3) is 5.82 Å². The van der Waals surface area contributed by atoms with Crippen LogP contribution in [0.15, 0.2) is 24.5 Å². The lowest BCUT2D eigenvalue weighted by Gasteiger charge is -2.42. The van der Waals surface area contributed by atoms with Crippen molar-refractivity contribution in [3.63, 3.8) is 0 Å². The molecule has 0 saturated carbocycles. The van der Waals surface area contributed by atoms with Gasteiger partial charge in [-0.1, -0.05) is 0 Å². The summed E-state index contributed by atoms with van der Waals surface area (Å²) in [6.07, 6.45) is 3.63. The maximum atomic E-state index is 11.9. The third-order valence-corrected chi connectivity index (χ3v) is 4.97. The van der Waals surface area contributed by atoms with Crippen molar-refractivity contribution in [2.24, 2.45) is 0 Å². The first-order valence-corrected chi connectivity index (χ1v) is 8.93. The number of rotatable bonds is 3. The van der Waals surface area contributed by atoms with Crippen molar-refractivity contribution in [2.45, 2.75) is 19.5 Å². The number of carbonyl (C=O) groups is 2. The second-order valence-electron chi connectivity index (χ2n) is 6.73. The molecule has 0 radical (unpaired) electrons. The Hall–Kier alpha value is -3.01. The van der Waals surface area contributed by atoms with Crippen LogP contribution in [0.3, 0.4) is 0 Å². The Labute approximate surface area is 156 Å². The molecule has 4 heterocycles. The van der Waals surface area contributed by atoms with Crippen LogP contribution in [0.4, 0.5) is 10.6 Å². The fourth-order valence-electron chi connectivity index (χ4n) is 3.41. The van der Waals surface area contributed by atoms with Crippen LogP contribution in [0.2, 0.25) is 0 Å². The lowest BCUT2D eigenvalue weighted by atomic mass is 10.2. The Bertz CT molecular complexity index is 827. The van der Waals surface area contributed by atoms with Crippen molar-refractivity contribution in [3.8, 4) is 5.82 Å². The number of imide groups is 1. The molecule has 2 aliphatic rings. The van der Waals surface area contributed by atoms with E-state index in [1.54, 1.807) is 10.9 Å². The Morgan fingerprint density at radius 3 is 2.52 bits per heavy atom. The van der Waals surface area contributed by atoms with E-state index in [4.69, 9.17) is 0 Å². The normalized spacial score (nSPS) is 21.5. The second kappa shape index (κ2) is 6.95. The number of hydrogen-bond donors (Lipinski definition) is 1. The highest BCUT2D eigenvalue weighted by atomic mass is 16.2. The average Bonchev–Trinajstić information content (AvgIpc) is 3.20. The number of piperazine rings is 1. The van der Waals surface area contributed by atoms with Gasteiger partial charge in [0.25, 0.3) is 0 Å². The Morgan fingerprint density at radius 1 is 1.11 bits per heavy atom. The number of aromatic nitrogens is 4. The van der Waals surface area contributed by atoms with Gasteiger partial charge in [0.15, 0.2) is 5.82 Å². The summed E-state index contributed by atoms with van der Waals surface area (Å²) < 4.78 is 1.72. The summed E-state index contributed by atoms with van der Waals surface area (Å²) in [6.45, 7) is 4.85. The van der Waals surface area contributed by atoms with Crippen LogP contribution in [0, 0.1) is 6.92 Å². The first kappa shape index (κ1) is 17.4. The molecule has 2 aromatic heterocycles. The first-order valence-electron chi connectivity index (χ1n) is 8.93. The van der Waals surface area contributed by atoms with E-state index in [0.29, 0.717) is 12.2 Å². The molecule has 1 atom stereocenters. The van der Waals surface area contributed by atoms with Gasteiger partial charge in [-0.15, -0.1) is 0 Å². The molecule has 0 aromatic carbocycles. The van der Waals surface area contributed by atoms with E-state index in [1.807, 2.05) is 25.3 Å². The molecule has 10 heteroatoms. The highest BCUT2D eigenvalue weighted by Gasteiger charge is 2.34. The number of aryl methyl sites for hydroxylation is 1. The summed E-state index contributed by atoms with van der Waals surface area (Å²) in [4.78, 5) is 38.3. The van der Waals surface area contributed by atoms with Gasteiger partial charge in [0.05, 0.1) is 12.6 Å². The topological polar surface area (TPSA) is 99.5 Å². The van der Waals surface area contributed by atoms with Crippen LogP contribution in [0.5, 0.6) is 0 Å². The van der Waals surface area contributed by atoms with Gasteiger partial charge in [0.2, 0.25) is 5.91 Å². The monoisotopic (exact) mass is 370 g/mol. The van der Waals surface area contributed by atoms with E-state index in [0.717, 1.165) is 42.7 Å². The Balaban J connectivity index is 1.44. The van der Waals surface area contributed by atoms with Gasteiger partial charge < -0.3 is 10.2 Å². The zero-order valence-electron chi connectivity index (χ0n) is 15.4. The molecule has 142 valence electrons. The van der Waals surface area contributed by atoms with E-state index >= 15 is 0 Å². The highest BCUT2D eigenvalue weighted by molar-refractivity contribution is 5.96. The van der Waals surface area contributed by atoms with E-state index in [2.05, 4.69) is 30.2 Å². The van der Waals surface area contributed by atoms with E-state index < -0.39 is 0 Å². The maximum absolute atomic E-state index is 11.9. The number of hydrogen-bond acceptors (Lipinski definition) is 7. The molecule has 10 nitrogen and oxygen atoms in total. The molecular formula is C17H22N8O2. The second-order valence-corrected chi connectivity index (χ2v) is 6.73. The maximum Gasteiger partial charge on any atom is 0.325 e. The summed E-state index contributed by atoms with van der Waals surface area (Å²) in [7, 11) is 1.50. The molecule has 4 rings (SSSR count). The predicted octanol–water partition coefficient (Wildman–Crippen LogP) is -0.00948. The van der Waals surface area contributed by atoms with Gasteiger partial charge in [-0.3, -0.25) is 14.6 Å². The zero-order chi connectivity index (χ0) is 19.0. The largest absolute Gasteiger partial charge is 0.354 e. The SMILES string of the molecule is Cc1nc(N2CCN(C3CC(=O)N(C)C(=O)N3)CC2)cc(-n2cccn2)n1. The lowest BCUT2D eigenvalue weighted by Crippen LogP contribution is -2.62. The van der Waals surface area contributed by atoms with Crippen molar-refractivity contribution in [1.82, 2.24) is 34.9 Å². The van der Waals surface area contributed by atoms with Crippen LogP contribution in [-0.4, -0.2) is 80.9 Å². The van der Waals surface area contributed by atoms with Gasteiger partial charge in [0.1, 0.15) is 11.6 Å². The summed E-state index contributed by atoms with van der Waals surface area (Å²) >= 11 is 0. The van der Waals surface area contributed by atoms with Crippen LogP contribution < -0.4 is 10.2 Å². The molecule has 27 heavy (non-hydrogen) atoms. The molecule has 0 aliphatic carbocycles. The number of anilines is 1. The standard InChI is InChI=1S/C17H22N8O2/c1-12-19-13(10-15(20-12)25-5-3-4-18-25)23-6-8-24(9-7-23)14-11-16(26)22(2)17(27)21-14/h3-5,10,14H,6-9,11H2,1-2H3,(H,21,27). The third kappa shape index (κ3) is 3.47. The number of urea groups is 1. The first-order chi connectivity index (χ1) is 13.0. The fourth-order valence-corrected chi connectivity index (χ4v) is 3.41. The minimum Gasteiger partial charge on any atom is -0.354 e. The number of nitrogens with one attached hydrogen (secondary N) is 1. The van der Waals surface area contributed by atoms with Crippen molar-refractivity contribution >= 4 is 17.8 Å². The van der Waals surface area contributed by atoms with Crippen molar-refractivity contribution in [3.05, 3.63) is 30.4 Å². The predicted molar refractivity (Wildman–Crippen MR) is 97.4 cm³/mol. The molecule has 2 fully saturated rings. The van der Waals surface area contributed by atoms with Gasteiger partial charge in [0, 0.05) is 51.7 Å². The van der Waals surface area contributed by atoms with Gasteiger partial charge in [-0.25, -0.2) is 19.4 Å². The summed E-state index contributed by atoms with van der Waals surface area (Å²) in [6, 6.07) is 3.44. The Morgan fingerprint density at radius 2 is 1.85 bits per heavy atom. The highest BCUT2D eigenvalue weighted by Crippen LogP contribution is 2.19. The van der Waals surface area contributed by atoms with Gasteiger partial charge in [-0.05, 0) is 13.0 Å². The summed E-state index contributed by atoms with van der Waals surface area (Å²) in [5.74, 6) is 2.13. The molecule has 1 N–H and O–H groups in total. The molecule has 3 amide bonds. The number of carbonyl (C=O) groups excluding carboxylic acids is 2. The zero-order valence-corrected chi connectivity index (χ0v) is 15.4. The number of nitrogens with zero attached hydrogens (tertiary/aromatic N) is 7. The molecule has 2 aliphatic heterocycles. The quantitative estimate of drug-likeness (QED) is 0.811. The van der Waals surface area contributed by atoms with Gasteiger partial charge >= 0.3 is 6.03 Å². The van der Waals surface area contributed by atoms with E-state index in [-0.39, 0.29) is 18.1 Å². The third-order valence-electron chi connectivity index (χ3n) is 4.97. The molecule has 2 aromatic rings. The molecular weight excluding hydrogens is 348 g/mol. The minimum atomic E-state index is -0.339. The lowest BCUT2D eigenvalue weighted by molar-refractivity contribution is -0.130. The molecule has 2 saturated heterocycles. The van der Waals surface area contributed by atoms with Crippen LogP contribution >= 0.6 is 0 Å². The van der Waals surface area contributed by atoms with Crippen LogP contribution in [-0.2, 0) is 4.79 Å².